The summed E-state index contributed by atoms with van der Waals surface area (Å²) in [5, 5.41) is 0. The number of rotatable bonds is 0. The van der Waals surface area contributed by atoms with Crippen LogP contribution in [-0.2, 0) is 4.79 Å². The fourth-order valence-corrected chi connectivity index (χ4v) is 10.3. The SMILES string of the molecule is CC1(C)CC[C@]2(C)CC[C@]3(C)C(=C2C1)CC[C@@H]1[C@@]2(C)CCC(=O)C(C)(C)[C@H]2CC[C@]13C. The van der Waals surface area contributed by atoms with Crippen molar-refractivity contribution in [2.24, 2.45) is 44.3 Å². The summed E-state index contributed by atoms with van der Waals surface area (Å²) in [6.07, 6.45) is 14.1. The topological polar surface area (TPSA) is 17.1 Å². The van der Waals surface area contributed by atoms with Gasteiger partial charge in [0.05, 0.1) is 0 Å². The predicted molar refractivity (Wildman–Crippen MR) is 130 cm³/mol. The highest BCUT2D eigenvalue weighted by atomic mass is 16.1. The number of fused-ring (bicyclic) bond motifs is 6. The van der Waals surface area contributed by atoms with Crippen LogP contribution in [0.4, 0.5) is 0 Å². The molecule has 4 saturated carbocycles. The normalized spacial score (nSPS) is 50.8. The number of allylic oxidation sites excluding steroid dienone is 2. The summed E-state index contributed by atoms with van der Waals surface area (Å²) in [6.45, 7) is 20.1. The van der Waals surface area contributed by atoms with Gasteiger partial charge < -0.3 is 0 Å². The van der Waals surface area contributed by atoms with Crippen molar-refractivity contribution in [2.45, 2.75) is 126 Å². The van der Waals surface area contributed by atoms with Gasteiger partial charge in [-0.05, 0) is 103 Å². The molecule has 0 aliphatic heterocycles. The van der Waals surface area contributed by atoms with E-state index in [-0.39, 0.29) is 5.41 Å². The number of hydrogen-bond donors (Lipinski definition) is 0. The summed E-state index contributed by atoms with van der Waals surface area (Å²) >= 11 is 0. The molecule has 1 nitrogen and oxygen atoms in total. The maximum Gasteiger partial charge on any atom is 0.138 e. The molecule has 0 unspecified atom stereocenters. The van der Waals surface area contributed by atoms with E-state index in [2.05, 4.69) is 55.4 Å². The van der Waals surface area contributed by atoms with E-state index in [1.807, 2.05) is 11.1 Å². The standard InChI is InChI=1S/C30H48O/c1-25(2)15-16-27(5)17-18-29(7)20(21(27)19-25)9-10-23-28(6)13-12-24(31)26(3,4)22(28)11-14-30(23,29)8/h22-23H,9-19H2,1-8H3/t22-,23-,27-,28+,29-,30-/m1/s1. The van der Waals surface area contributed by atoms with Crippen molar-refractivity contribution in [3.05, 3.63) is 11.1 Å². The second-order valence-corrected chi connectivity index (χ2v) is 14.9. The lowest BCUT2D eigenvalue weighted by Crippen LogP contribution is -2.63. The number of carbonyl (C=O) groups is 1. The minimum absolute atomic E-state index is 0.132. The Kier molecular flexibility index (Phi) is 4.51. The summed E-state index contributed by atoms with van der Waals surface area (Å²) in [5.74, 6) is 1.86. The van der Waals surface area contributed by atoms with Crippen molar-refractivity contribution in [3.63, 3.8) is 0 Å². The predicted octanol–water partition coefficient (Wildman–Crippen LogP) is 8.52. The third-order valence-corrected chi connectivity index (χ3v) is 12.7. The van der Waals surface area contributed by atoms with Gasteiger partial charge in [0, 0.05) is 11.8 Å². The molecule has 5 rings (SSSR count). The molecule has 174 valence electrons. The largest absolute Gasteiger partial charge is 0.299 e. The molecular formula is C30H48O. The zero-order chi connectivity index (χ0) is 22.7. The van der Waals surface area contributed by atoms with Gasteiger partial charge >= 0.3 is 0 Å². The van der Waals surface area contributed by atoms with Gasteiger partial charge in [0.15, 0.2) is 0 Å². The van der Waals surface area contributed by atoms with Crippen molar-refractivity contribution in [1.29, 1.82) is 0 Å². The van der Waals surface area contributed by atoms with E-state index in [1.54, 1.807) is 0 Å². The Morgan fingerprint density at radius 3 is 2.06 bits per heavy atom. The maximum absolute atomic E-state index is 12.9. The Hall–Kier alpha value is -0.590. The number of hydrogen-bond acceptors (Lipinski definition) is 1. The van der Waals surface area contributed by atoms with E-state index in [1.165, 1.54) is 57.8 Å². The van der Waals surface area contributed by atoms with Crippen LogP contribution in [0.15, 0.2) is 11.1 Å². The zero-order valence-electron chi connectivity index (χ0n) is 21.8. The van der Waals surface area contributed by atoms with E-state index in [0.29, 0.717) is 38.8 Å². The monoisotopic (exact) mass is 424 g/mol. The average molecular weight is 425 g/mol. The molecule has 6 atom stereocenters. The van der Waals surface area contributed by atoms with Crippen LogP contribution in [0.25, 0.3) is 0 Å². The van der Waals surface area contributed by atoms with Crippen LogP contribution < -0.4 is 0 Å². The van der Waals surface area contributed by atoms with E-state index in [0.717, 1.165) is 18.8 Å². The fourth-order valence-electron chi connectivity index (χ4n) is 10.3. The Bertz CT molecular complexity index is 844. The molecule has 0 amide bonds. The van der Waals surface area contributed by atoms with E-state index in [4.69, 9.17) is 0 Å². The summed E-state index contributed by atoms with van der Waals surface area (Å²) in [4.78, 5) is 12.9. The van der Waals surface area contributed by atoms with Crippen molar-refractivity contribution in [2.75, 3.05) is 0 Å². The minimum Gasteiger partial charge on any atom is -0.299 e. The first-order valence-electron chi connectivity index (χ1n) is 13.5. The van der Waals surface area contributed by atoms with Crippen molar-refractivity contribution in [1.82, 2.24) is 0 Å². The molecule has 0 aromatic carbocycles. The van der Waals surface area contributed by atoms with Gasteiger partial charge in [-0.1, -0.05) is 66.5 Å². The van der Waals surface area contributed by atoms with E-state index >= 15 is 0 Å². The lowest BCUT2D eigenvalue weighted by Gasteiger charge is -2.70. The average Bonchev–Trinajstić information content (AvgIpc) is 2.67. The molecule has 0 heterocycles. The first kappa shape index (κ1) is 22.2. The summed E-state index contributed by atoms with van der Waals surface area (Å²) in [6, 6.07) is 0. The molecule has 1 heteroatoms. The molecule has 5 aliphatic rings. The highest BCUT2D eigenvalue weighted by Crippen LogP contribution is 2.75. The van der Waals surface area contributed by atoms with Crippen molar-refractivity contribution >= 4 is 5.78 Å². The van der Waals surface area contributed by atoms with Crippen molar-refractivity contribution in [3.8, 4) is 0 Å². The van der Waals surface area contributed by atoms with Gasteiger partial charge in [0.2, 0.25) is 0 Å². The highest BCUT2D eigenvalue weighted by molar-refractivity contribution is 5.85. The minimum atomic E-state index is -0.132. The molecule has 5 aliphatic carbocycles. The quantitative estimate of drug-likeness (QED) is 0.356. The molecule has 0 spiro atoms. The first-order valence-corrected chi connectivity index (χ1v) is 13.5. The maximum atomic E-state index is 12.9. The third-order valence-electron chi connectivity index (χ3n) is 12.7. The summed E-state index contributed by atoms with van der Waals surface area (Å²) in [7, 11) is 0. The number of Topliss-reactive ketones (excluding diaryl/α,β-unsaturated/α-hetero) is 1. The number of ketones is 1. The summed E-state index contributed by atoms with van der Waals surface area (Å²) in [5.41, 5.74) is 5.67. The Morgan fingerprint density at radius 2 is 1.35 bits per heavy atom. The van der Waals surface area contributed by atoms with E-state index < -0.39 is 0 Å². The van der Waals surface area contributed by atoms with Crippen LogP contribution in [-0.4, -0.2) is 5.78 Å². The highest BCUT2D eigenvalue weighted by Gasteiger charge is 2.67. The molecule has 0 aromatic heterocycles. The zero-order valence-corrected chi connectivity index (χ0v) is 21.8. The van der Waals surface area contributed by atoms with Crippen LogP contribution >= 0.6 is 0 Å². The lowest BCUT2D eigenvalue weighted by molar-refractivity contribution is -0.184. The first-order chi connectivity index (χ1) is 14.2. The van der Waals surface area contributed by atoms with Crippen LogP contribution in [0.3, 0.4) is 0 Å². The second-order valence-electron chi connectivity index (χ2n) is 14.9. The van der Waals surface area contributed by atoms with Crippen LogP contribution in [0.5, 0.6) is 0 Å². The third kappa shape index (κ3) is 2.70. The van der Waals surface area contributed by atoms with Gasteiger partial charge in [0.1, 0.15) is 5.78 Å². The molecule has 0 aromatic rings. The Balaban J connectivity index is 1.60. The fraction of sp³-hybridized carbons (Fsp3) is 0.900. The molecule has 4 fully saturated rings. The van der Waals surface area contributed by atoms with Crippen molar-refractivity contribution < 1.29 is 4.79 Å². The Labute approximate surface area is 192 Å². The molecular weight excluding hydrogens is 376 g/mol. The lowest BCUT2D eigenvalue weighted by atomic mass is 9.34. The molecule has 0 bridgehead atoms. The van der Waals surface area contributed by atoms with Crippen LogP contribution in [0, 0.1) is 44.3 Å². The van der Waals surface area contributed by atoms with Gasteiger partial charge in [-0.3, -0.25) is 4.79 Å². The van der Waals surface area contributed by atoms with Gasteiger partial charge in [0.25, 0.3) is 0 Å². The Morgan fingerprint density at radius 1 is 0.677 bits per heavy atom. The second kappa shape index (κ2) is 6.29. The van der Waals surface area contributed by atoms with Gasteiger partial charge in [-0.25, -0.2) is 0 Å². The smallest absolute Gasteiger partial charge is 0.138 e. The van der Waals surface area contributed by atoms with E-state index in [9.17, 15) is 4.79 Å². The van der Waals surface area contributed by atoms with Gasteiger partial charge in [-0.15, -0.1) is 0 Å². The summed E-state index contributed by atoms with van der Waals surface area (Å²) < 4.78 is 0. The number of carbonyl (C=O) groups excluding carboxylic acids is 1. The molecule has 31 heavy (non-hydrogen) atoms. The molecule has 0 saturated heterocycles. The van der Waals surface area contributed by atoms with Crippen LogP contribution in [0.2, 0.25) is 0 Å². The molecule has 0 radical (unpaired) electrons. The van der Waals surface area contributed by atoms with Gasteiger partial charge in [-0.2, -0.15) is 0 Å². The molecule has 0 N–H and O–H groups in total. The van der Waals surface area contributed by atoms with Crippen LogP contribution in [0.1, 0.15) is 126 Å².